The van der Waals surface area contributed by atoms with Crippen LogP contribution in [0.25, 0.3) is 0 Å². The third-order valence-corrected chi connectivity index (χ3v) is 2.74. The summed E-state index contributed by atoms with van der Waals surface area (Å²) in [7, 11) is 0. The van der Waals surface area contributed by atoms with Gasteiger partial charge in [-0.25, -0.2) is 0 Å². The van der Waals surface area contributed by atoms with Crippen molar-refractivity contribution in [2.75, 3.05) is 11.9 Å². The van der Waals surface area contributed by atoms with Crippen molar-refractivity contribution in [3.63, 3.8) is 0 Å². The molecule has 3 N–H and O–H groups in total. The second-order valence-electron chi connectivity index (χ2n) is 4.22. The number of carbonyl (C=O) groups is 1. The van der Waals surface area contributed by atoms with E-state index in [0.29, 0.717) is 18.7 Å². The average molecular weight is 251 g/mol. The van der Waals surface area contributed by atoms with Crippen molar-refractivity contribution in [3.05, 3.63) is 33.9 Å². The molecule has 0 saturated carbocycles. The number of hydrogen-bond donors (Lipinski definition) is 2. The average Bonchev–Trinajstić information content (AvgIpc) is 2.31. The molecule has 1 atom stereocenters. The fourth-order valence-corrected chi connectivity index (χ4v) is 1.50. The van der Waals surface area contributed by atoms with Crippen LogP contribution in [0, 0.1) is 23.0 Å². The molecule has 0 fully saturated rings. The smallest absolute Gasteiger partial charge is 0.271 e. The van der Waals surface area contributed by atoms with E-state index in [1.165, 1.54) is 12.1 Å². The van der Waals surface area contributed by atoms with Crippen molar-refractivity contribution >= 4 is 17.3 Å². The van der Waals surface area contributed by atoms with Crippen molar-refractivity contribution in [1.82, 2.24) is 0 Å². The van der Waals surface area contributed by atoms with E-state index in [2.05, 4.69) is 5.32 Å². The number of hydrogen-bond acceptors (Lipinski definition) is 4. The molecule has 1 amide bonds. The molecule has 1 aromatic rings. The molecule has 6 heteroatoms. The van der Waals surface area contributed by atoms with E-state index in [0.717, 1.165) is 5.56 Å². The van der Waals surface area contributed by atoms with Crippen molar-refractivity contribution in [2.45, 2.75) is 20.3 Å². The van der Waals surface area contributed by atoms with Crippen molar-refractivity contribution in [2.24, 2.45) is 11.7 Å². The number of amides is 1. The molecule has 0 radical (unpaired) electrons. The number of nitro benzene ring substituents is 1. The molecular weight excluding hydrogens is 234 g/mol. The summed E-state index contributed by atoms with van der Waals surface area (Å²) in [5.41, 5.74) is 6.60. The minimum Gasteiger partial charge on any atom is -0.330 e. The Kier molecular flexibility index (Phi) is 4.79. The van der Waals surface area contributed by atoms with Crippen molar-refractivity contribution < 1.29 is 9.72 Å². The lowest BCUT2D eigenvalue weighted by Crippen LogP contribution is -2.23. The van der Waals surface area contributed by atoms with Crippen LogP contribution in [-0.2, 0) is 4.79 Å². The van der Waals surface area contributed by atoms with E-state index in [9.17, 15) is 14.9 Å². The summed E-state index contributed by atoms with van der Waals surface area (Å²) in [6.07, 6.45) is 0.583. The predicted octanol–water partition coefficient (Wildman–Crippen LogP) is 1.83. The highest BCUT2D eigenvalue weighted by molar-refractivity contribution is 5.93. The fraction of sp³-hybridized carbons (Fsp3) is 0.417. The second-order valence-corrected chi connectivity index (χ2v) is 4.22. The standard InChI is InChI=1S/C12H17N3O3/c1-8-3-4-10(15(17)18)7-11(8)14-12(16)9(2)5-6-13/h3-4,7,9H,5-6,13H2,1-2H3,(H,14,16). The lowest BCUT2D eigenvalue weighted by Gasteiger charge is -2.12. The number of aryl methyl sites for hydroxylation is 1. The Morgan fingerprint density at radius 1 is 1.56 bits per heavy atom. The Hall–Kier alpha value is -1.95. The van der Waals surface area contributed by atoms with Gasteiger partial charge >= 0.3 is 0 Å². The van der Waals surface area contributed by atoms with Gasteiger partial charge in [-0.2, -0.15) is 0 Å². The van der Waals surface area contributed by atoms with Gasteiger partial charge in [0.05, 0.1) is 10.6 Å². The molecule has 6 nitrogen and oxygen atoms in total. The number of benzene rings is 1. The maximum absolute atomic E-state index is 11.8. The first-order valence-corrected chi connectivity index (χ1v) is 5.71. The van der Waals surface area contributed by atoms with Crippen LogP contribution in [-0.4, -0.2) is 17.4 Å². The van der Waals surface area contributed by atoms with Crippen LogP contribution in [0.2, 0.25) is 0 Å². The molecule has 0 saturated heterocycles. The lowest BCUT2D eigenvalue weighted by atomic mass is 10.1. The van der Waals surface area contributed by atoms with Gasteiger partial charge < -0.3 is 11.1 Å². The molecule has 0 spiro atoms. The summed E-state index contributed by atoms with van der Waals surface area (Å²) < 4.78 is 0. The maximum atomic E-state index is 11.8. The number of nitrogens with one attached hydrogen (secondary N) is 1. The normalized spacial score (nSPS) is 11.9. The quantitative estimate of drug-likeness (QED) is 0.616. The number of rotatable bonds is 5. The Morgan fingerprint density at radius 2 is 2.22 bits per heavy atom. The number of nitro groups is 1. The van der Waals surface area contributed by atoms with Gasteiger partial charge in [-0.15, -0.1) is 0 Å². The number of nitrogens with zero attached hydrogens (tertiary/aromatic N) is 1. The van der Waals surface area contributed by atoms with Gasteiger partial charge in [0.25, 0.3) is 5.69 Å². The van der Waals surface area contributed by atoms with E-state index in [4.69, 9.17) is 5.73 Å². The molecule has 98 valence electrons. The molecule has 1 rings (SSSR count). The Labute approximate surface area is 105 Å². The summed E-state index contributed by atoms with van der Waals surface area (Å²) in [4.78, 5) is 22.0. The predicted molar refractivity (Wildman–Crippen MR) is 69.3 cm³/mol. The molecule has 0 aliphatic heterocycles. The third kappa shape index (κ3) is 3.53. The number of anilines is 1. The van der Waals surface area contributed by atoms with Gasteiger partial charge in [0, 0.05) is 18.1 Å². The molecule has 0 aliphatic carbocycles. The zero-order chi connectivity index (χ0) is 13.7. The highest BCUT2D eigenvalue weighted by Crippen LogP contribution is 2.22. The Balaban J connectivity index is 2.86. The fourth-order valence-electron chi connectivity index (χ4n) is 1.50. The third-order valence-electron chi connectivity index (χ3n) is 2.74. The van der Waals surface area contributed by atoms with Crippen LogP contribution >= 0.6 is 0 Å². The largest absolute Gasteiger partial charge is 0.330 e. The molecule has 0 heterocycles. The van der Waals surface area contributed by atoms with E-state index in [1.54, 1.807) is 19.9 Å². The van der Waals surface area contributed by atoms with Crippen LogP contribution in [0.15, 0.2) is 18.2 Å². The Bertz CT molecular complexity index is 460. The lowest BCUT2D eigenvalue weighted by molar-refractivity contribution is -0.384. The van der Waals surface area contributed by atoms with Gasteiger partial charge in [0.1, 0.15) is 0 Å². The monoisotopic (exact) mass is 251 g/mol. The highest BCUT2D eigenvalue weighted by Gasteiger charge is 2.15. The van der Waals surface area contributed by atoms with Crippen LogP contribution < -0.4 is 11.1 Å². The summed E-state index contributed by atoms with van der Waals surface area (Å²) in [6.45, 7) is 3.99. The zero-order valence-electron chi connectivity index (χ0n) is 10.5. The van der Waals surface area contributed by atoms with E-state index >= 15 is 0 Å². The molecule has 0 bridgehead atoms. The highest BCUT2D eigenvalue weighted by atomic mass is 16.6. The summed E-state index contributed by atoms with van der Waals surface area (Å²) in [5, 5.41) is 13.4. The summed E-state index contributed by atoms with van der Waals surface area (Å²) >= 11 is 0. The zero-order valence-corrected chi connectivity index (χ0v) is 10.5. The molecular formula is C12H17N3O3. The Morgan fingerprint density at radius 3 is 2.78 bits per heavy atom. The molecule has 0 aliphatic rings. The van der Waals surface area contributed by atoms with Gasteiger partial charge in [-0.3, -0.25) is 14.9 Å². The molecule has 1 unspecified atom stereocenters. The van der Waals surface area contributed by atoms with Gasteiger partial charge in [-0.05, 0) is 25.5 Å². The SMILES string of the molecule is Cc1ccc([N+](=O)[O-])cc1NC(=O)C(C)CCN. The van der Waals surface area contributed by atoms with Crippen LogP contribution in [0.3, 0.4) is 0 Å². The minimum atomic E-state index is -0.488. The van der Waals surface area contributed by atoms with Crippen LogP contribution in [0.4, 0.5) is 11.4 Å². The molecule has 18 heavy (non-hydrogen) atoms. The molecule has 1 aromatic carbocycles. The summed E-state index contributed by atoms with van der Waals surface area (Å²) in [6, 6.07) is 4.39. The number of non-ortho nitro benzene ring substituents is 1. The maximum Gasteiger partial charge on any atom is 0.271 e. The van der Waals surface area contributed by atoms with Gasteiger partial charge in [0.2, 0.25) is 5.91 Å². The van der Waals surface area contributed by atoms with Gasteiger partial charge in [-0.1, -0.05) is 13.0 Å². The number of nitrogens with two attached hydrogens (primary N) is 1. The number of carbonyl (C=O) groups excluding carboxylic acids is 1. The minimum absolute atomic E-state index is 0.0395. The van der Waals surface area contributed by atoms with Crippen LogP contribution in [0.1, 0.15) is 18.9 Å². The first-order chi connectivity index (χ1) is 8.45. The summed E-state index contributed by atoms with van der Waals surface area (Å²) in [5.74, 6) is -0.391. The van der Waals surface area contributed by atoms with E-state index in [-0.39, 0.29) is 17.5 Å². The topological polar surface area (TPSA) is 98.3 Å². The first kappa shape index (κ1) is 14.1. The van der Waals surface area contributed by atoms with Crippen LogP contribution in [0.5, 0.6) is 0 Å². The van der Waals surface area contributed by atoms with Crippen molar-refractivity contribution in [3.8, 4) is 0 Å². The molecule has 0 aromatic heterocycles. The van der Waals surface area contributed by atoms with Gasteiger partial charge in [0.15, 0.2) is 0 Å². The van der Waals surface area contributed by atoms with E-state index in [1.807, 2.05) is 0 Å². The van der Waals surface area contributed by atoms with E-state index < -0.39 is 4.92 Å². The second kappa shape index (κ2) is 6.11. The van der Waals surface area contributed by atoms with Crippen molar-refractivity contribution in [1.29, 1.82) is 0 Å². The first-order valence-electron chi connectivity index (χ1n) is 5.71.